The fourth-order valence-corrected chi connectivity index (χ4v) is 2.31. The van der Waals surface area contributed by atoms with Gasteiger partial charge in [-0.2, -0.15) is 0 Å². The van der Waals surface area contributed by atoms with Crippen molar-refractivity contribution < 1.29 is 4.79 Å². The Labute approximate surface area is 93.4 Å². The average Bonchev–Trinajstić information content (AvgIpc) is 2.23. The number of carbonyl (C=O) groups is 1. The third-order valence-corrected chi connectivity index (χ3v) is 3.45. The molecule has 1 unspecified atom stereocenters. The summed E-state index contributed by atoms with van der Waals surface area (Å²) in [5, 5.41) is 0. The first-order valence-electron chi connectivity index (χ1n) is 6.17. The van der Waals surface area contributed by atoms with E-state index in [0.717, 1.165) is 19.6 Å². The van der Waals surface area contributed by atoms with Gasteiger partial charge < -0.3 is 9.80 Å². The van der Waals surface area contributed by atoms with Gasteiger partial charge in [0.25, 0.3) is 0 Å². The van der Waals surface area contributed by atoms with E-state index in [4.69, 9.17) is 0 Å². The van der Waals surface area contributed by atoms with Gasteiger partial charge in [0, 0.05) is 25.6 Å². The van der Waals surface area contributed by atoms with E-state index in [-0.39, 0.29) is 0 Å². The molecule has 1 fully saturated rings. The van der Waals surface area contributed by atoms with Gasteiger partial charge in [0.1, 0.15) is 0 Å². The zero-order valence-corrected chi connectivity index (χ0v) is 10.3. The third-order valence-electron chi connectivity index (χ3n) is 3.45. The van der Waals surface area contributed by atoms with Gasteiger partial charge in [-0.15, -0.1) is 0 Å². The molecule has 1 atom stereocenters. The molecule has 1 rings (SSSR count). The Hall–Kier alpha value is -0.570. The fraction of sp³-hybridized carbons (Fsp3) is 0.917. The van der Waals surface area contributed by atoms with E-state index in [1.54, 1.807) is 0 Å². The Morgan fingerprint density at radius 2 is 2.00 bits per heavy atom. The molecule has 15 heavy (non-hydrogen) atoms. The summed E-state index contributed by atoms with van der Waals surface area (Å²) in [7, 11) is 2.14. The van der Waals surface area contributed by atoms with Gasteiger partial charge in [-0.05, 0) is 40.3 Å². The second kappa shape index (κ2) is 6.11. The van der Waals surface area contributed by atoms with Crippen LogP contribution in [0.5, 0.6) is 0 Å². The lowest BCUT2D eigenvalue weighted by atomic mass is 9.99. The summed E-state index contributed by atoms with van der Waals surface area (Å²) in [4.78, 5) is 16.2. The van der Waals surface area contributed by atoms with Crippen molar-refractivity contribution in [3.63, 3.8) is 0 Å². The molecular formula is C12H24N2O. The van der Waals surface area contributed by atoms with Crippen LogP contribution in [0.25, 0.3) is 0 Å². The van der Waals surface area contributed by atoms with Crippen LogP contribution in [0.2, 0.25) is 0 Å². The topological polar surface area (TPSA) is 23.6 Å². The molecule has 1 amide bonds. The second-order valence-corrected chi connectivity index (χ2v) is 4.40. The predicted molar refractivity (Wildman–Crippen MR) is 62.8 cm³/mol. The molecule has 0 N–H and O–H groups in total. The quantitative estimate of drug-likeness (QED) is 0.708. The number of amides is 1. The summed E-state index contributed by atoms with van der Waals surface area (Å²) in [5.41, 5.74) is 0. The standard InChI is InChI=1S/C12H24N2O/c1-4-14(5-2)12(15)10-11-8-6-7-9-13(11)3/h11H,4-10H2,1-3H3. The molecule has 1 saturated heterocycles. The molecule has 0 saturated carbocycles. The van der Waals surface area contributed by atoms with Gasteiger partial charge in [0.15, 0.2) is 0 Å². The SMILES string of the molecule is CCN(CC)C(=O)CC1CCCCN1C. The van der Waals surface area contributed by atoms with Gasteiger partial charge in [-0.1, -0.05) is 6.42 Å². The van der Waals surface area contributed by atoms with Gasteiger partial charge in [-0.25, -0.2) is 0 Å². The van der Waals surface area contributed by atoms with Crippen molar-refractivity contribution in [2.45, 2.75) is 45.6 Å². The summed E-state index contributed by atoms with van der Waals surface area (Å²) in [6.45, 7) is 6.92. The van der Waals surface area contributed by atoms with Crippen LogP contribution >= 0.6 is 0 Å². The highest BCUT2D eigenvalue weighted by Gasteiger charge is 2.23. The summed E-state index contributed by atoms with van der Waals surface area (Å²) < 4.78 is 0. The summed E-state index contributed by atoms with van der Waals surface area (Å²) in [6, 6.07) is 0.479. The van der Waals surface area contributed by atoms with Gasteiger partial charge in [0.2, 0.25) is 5.91 Å². The van der Waals surface area contributed by atoms with Gasteiger partial charge in [0.05, 0.1) is 0 Å². The average molecular weight is 212 g/mol. The molecular weight excluding hydrogens is 188 g/mol. The van der Waals surface area contributed by atoms with Crippen LogP contribution in [0.1, 0.15) is 39.5 Å². The van der Waals surface area contributed by atoms with Crippen molar-refractivity contribution in [2.75, 3.05) is 26.7 Å². The maximum Gasteiger partial charge on any atom is 0.224 e. The maximum atomic E-state index is 11.9. The fourth-order valence-electron chi connectivity index (χ4n) is 2.31. The molecule has 0 aromatic carbocycles. The Morgan fingerprint density at radius 1 is 1.33 bits per heavy atom. The molecule has 0 aromatic heterocycles. The lowest BCUT2D eigenvalue weighted by Gasteiger charge is -2.33. The molecule has 3 nitrogen and oxygen atoms in total. The van der Waals surface area contributed by atoms with Crippen LogP contribution in [0.15, 0.2) is 0 Å². The van der Waals surface area contributed by atoms with Crippen molar-refractivity contribution in [3.8, 4) is 0 Å². The zero-order chi connectivity index (χ0) is 11.3. The number of nitrogens with zero attached hydrogens (tertiary/aromatic N) is 2. The van der Waals surface area contributed by atoms with Crippen molar-refractivity contribution in [1.82, 2.24) is 9.80 Å². The summed E-state index contributed by atoms with van der Waals surface area (Å²) in [5.74, 6) is 0.318. The molecule has 0 aromatic rings. The molecule has 0 bridgehead atoms. The van der Waals surface area contributed by atoms with Crippen LogP contribution in [-0.4, -0.2) is 48.4 Å². The molecule has 0 radical (unpaired) electrons. The third kappa shape index (κ3) is 3.49. The molecule has 88 valence electrons. The summed E-state index contributed by atoms with van der Waals surface area (Å²) >= 11 is 0. The first-order valence-corrected chi connectivity index (χ1v) is 6.17. The highest BCUT2D eigenvalue weighted by atomic mass is 16.2. The Bertz CT molecular complexity index is 202. The smallest absolute Gasteiger partial charge is 0.224 e. The lowest BCUT2D eigenvalue weighted by molar-refractivity contribution is -0.132. The highest BCUT2D eigenvalue weighted by Crippen LogP contribution is 2.18. The van der Waals surface area contributed by atoms with E-state index < -0.39 is 0 Å². The molecule has 1 heterocycles. The van der Waals surface area contributed by atoms with Crippen LogP contribution in [0, 0.1) is 0 Å². The largest absolute Gasteiger partial charge is 0.343 e. The number of piperidine rings is 1. The van der Waals surface area contributed by atoms with Crippen LogP contribution in [0.4, 0.5) is 0 Å². The van der Waals surface area contributed by atoms with Crippen LogP contribution in [0.3, 0.4) is 0 Å². The second-order valence-electron chi connectivity index (χ2n) is 4.40. The minimum atomic E-state index is 0.318. The van der Waals surface area contributed by atoms with E-state index in [2.05, 4.69) is 11.9 Å². The first kappa shape index (κ1) is 12.5. The molecule has 0 aliphatic carbocycles. The number of hydrogen-bond donors (Lipinski definition) is 0. The number of carbonyl (C=O) groups excluding carboxylic acids is 1. The van der Waals surface area contributed by atoms with Gasteiger partial charge in [-0.3, -0.25) is 4.79 Å². The Morgan fingerprint density at radius 3 is 2.53 bits per heavy atom. The van der Waals surface area contributed by atoms with Crippen molar-refractivity contribution in [1.29, 1.82) is 0 Å². The van der Waals surface area contributed by atoms with E-state index >= 15 is 0 Å². The van der Waals surface area contributed by atoms with Crippen LogP contribution < -0.4 is 0 Å². The number of hydrogen-bond acceptors (Lipinski definition) is 2. The summed E-state index contributed by atoms with van der Waals surface area (Å²) in [6.07, 6.45) is 4.45. The molecule has 1 aliphatic heterocycles. The molecule has 1 aliphatic rings. The highest BCUT2D eigenvalue weighted by molar-refractivity contribution is 5.76. The van der Waals surface area contributed by atoms with E-state index in [0.29, 0.717) is 18.4 Å². The van der Waals surface area contributed by atoms with E-state index in [1.165, 1.54) is 19.3 Å². The monoisotopic (exact) mass is 212 g/mol. The number of rotatable bonds is 4. The van der Waals surface area contributed by atoms with E-state index in [9.17, 15) is 4.79 Å². The minimum absolute atomic E-state index is 0.318. The number of likely N-dealkylation sites (tertiary alicyclic amines) is 1. The van der Waals surface area contributed by atoms with Crippen molar-refractivity contribution >= 4 is 5.91 Å². The Balaban J connectivity index is 2.41. The molecule has 3 heteroatoms. The predicted octanol–water partition coefficient (Wildman–Crippen LogP) is 1.73. The lowest BCUT2D eigenvalue weighted by Crippen LogP contribution is -2.41. The first-order chi connectivity index (χ1) is 7.19. The van der Waals surface area contributed by atoms with E-state index in [1.807, 2.05) is 18.7 Å². The minimum Gasteiger partial charge on any atom is -0.343 e. The maximum absolute atomic E-state index is 11.9. The molecule has 0 spiro atoms. The normalized spacial score (nSPS) is 22.7. The van der Waals surface area contributed by atoms with Crippen molar-refractivity contribution in [2.24, 2.45) is 0 Å². The van der Waals surface area contributed by atoms with Crippen LogP contribution in [-0.2, 0) is 4.79 Å². The zero-order valence-electron chi connectivity index (χ0n) is 10.3. The van der Waals surface area contributed by atoms with Crippen molar-refractivity contribution in [3.05, 3.63) is 0 Å². The Kier molecular flexibility index (Phi) is 5.09. The van der Waals surface area contributed by atoms with Gasteiger partial charge >= 0.3 is 0 Å².